The lowest BCUT2D eigenvalue weighted by molar-refractivity contribution is -0.121. The summed E-state index contributed by atoms with van der Waals surface area (Å²) in [6.07, 6.45) is 0.0280. The molecule has 1 atom stereocenters. The van der Waals surface area contributed by atoms with E-state index in [1.807, 2.05) is 67.0 Å². The fourth-order valence-electron chi connectivity index (χ4n) is 5.18. The summed E-state index contributed by atoms with van der Waals surface area (Å²) in [7, 11) is -0.618. The average molecular weight is 631 g/mol. The third-order valence-electron chi connectivity index (χ3n) is 7.21. The van der Waals surface area contributed by atoms with Crippen molar-refractivity contribution in [2.24, 2.45) is 4.99 Å². The fraction of sp³-hybridized carbons (Fsp3) is 0.281. The average Bonchev–Trinajstić information content (AvgIpc) is 3.31. The van der Waals surface area contributed by atoms with Gasteiger partial charge in [0.25, 0.3) is 5.91 Å². The third kappa shape index (κ3) is 7.24. The van der Waals surface area contributed by atoms with Gasteiger partial charge < -0.3 is 20.2 Å². The molecule has 0 radical (unpaired) electrons. The monoisotopic (exact) mass is 630 g/mol. The number of rotatable bonds is 10. The Kier molecular flexibility index (Phi) is 9.28. The van der Waals surface area contributed by atoms with Crippen molar-refractivity contribution >= 4 is 37.4 Å². The number of amides is 2. The molecule has 0 saturated carbocycles. The van der Waals surface area contributed by atoms with Crippen molar-refractivity contribution in [3.05, 3.63) is 106 Å². The molecule has 2 amide bonds. The zero-order chi connectivity index (χ0) is 31.4. The summed E-state index contributed by atoms with van der Waals surface area (Å²) in [5.41, 5.74) is 4.69. The molecule has 0 spiro atoms. The van der Waals surface area contributed by atoms with Crippen molar-refractivity contribution in [3.63, 3.8) is 0 Å². The minimum absolute atomic E-state index is 0.0280. The highest BCUT2D eigenvalue weighted by Crippen LogP contribution is 2.34. The second-order valence-electron chi connectivity index (χ2n) is 11.3. The van der Waals surface area contributed by atoms with Gasteiger partial charge in [0.05, 0.1) is 24.9 Å². The number of hydrogen-bond acceptors (Lipinski definition) is 7. The van der Waals surface area contributed by atoms with Crippen molar-refractivity contribution in [3.8, 4) is 11.4 Å². The molecule has 1 unspecified atom stereocenters. The van der Waals surface area contributed by atoms with E-state index in [0.717, 1.165) is 22.4 Å². The molecule has 3 aromatic carbocycles. The van der Waals surface area contributed by atoms with Crippen LogP contribution in [0.25, 0.3) is 5.69 Å². The van der Waals surface area contributed by atoms with Gasteiger partial charge in [0, 0.05) is 34.8 Å². The number of nitrogens with one attached hydrogen (secondary N) is 2. The van der Waals surface area contributed by atoms with Crippen LogP contribution in [0.1, 0.15) is 51.2 Å². The number of carbonyl (C=O) groups excluding carboxylic acids is 2. The number of aromatic nitrogens is 3. The highest BCUT2D eigenvalue weighted by Gasteiger charge is 2.30. The number of nitrogens with zero attached hydrogens (tertiary/aromatic N) is 4. The van der Waals surface area contributed by atoms with Gasteiger partial charge in [0.15, 0.2) is 14.1 Å². The van der Waals surface area contributed by atoms with E-state index in [2.05, 4.69) is 20.8 Å². The van der Waals surface area contributed by atoms with E-state index in [4.69, 9.17) is 21.3 Å². The number of carbonyl (C=O) groups is 2. The molecule has 10 nitrogen and oxygen atoms in total. The van der Waals surface area contributed by atoms with Gasteiger partial charge in [-0.15, -0.1) is 10.2 Å². The molecule has 0 saturated heterocycles. The Hall–Kier alpha value is -4.32. The molecule has 1 aliphatic rings. The molecule has 1 aliphatic heterocycles. The van der Waals surface area contributed by atoms with Gasteiger partial charge in [-0.05, 0) is 74.1 Å². The van der Waals surface area contributed by atoms with Crippen molar-refractivity contribution in [2.75, 3.05) is 20.2 Å². The lowest BCUT2D eigenvalue weighted by atomic mass is 10.00. The van der Waals surface area contributed by atoms with E-state index >= 15 is 0 Å². The summed E-state index contributed by atoms with van der Waals surface area (Å²) >= 11 is 6.18. The quantitative estimate of drug-likeness (QED) is 0.176. The van der Waals surface area contributed by atoms with E-state index < -0.39 is 14.4 Å². The van der Waals surface area contributed by atoms with E-state index in [9.17, 15) is 14.4 Å². The predicted octanol–water partition coefficient (Wildman–Crippen LogP) is 4.35. The van der Waals surface area contributed by atoms with Crippen LogP contribution in [0.5, 0.6) is 5.75 Å². The van der Waals surface area contributed by atoms with E-state index in [-0.39, 0.29) is 31.3 Å². The summed E-state index contributed by atoms with van der Waals surface area (Å²) < 4.78 is 7.44. The molecule has 0 aliphatic carbocycles. The summed E-state index contributed by atoms with van der Waals surface area (Å²) in [4.78, 5) is 41.0. The number of halogens is 1. The molecule has 0 fully saturated rings. The highest BCUT2D eigenvalue weighted by molar-refractivity contribution is 6.69. The minimum atomic E-state index is -2.23. The molecule has 1 aromatic heterocycles. The largest absolute Gasteiger partial charge is 0.497 e. The number of fused-ring (bicyclic) bond motifs is 3. The van der Waals surface area contributed by atoms with Crippen molar-refractivity contribution < 1.29 is 19.1 Å². The summed E-state index contributed by atoms with van der Waals surface area (Å²) in [5, 5.41) is 15.1. The van der Waals surface area contributed by atoms with Crippen LogP contribution in [0.15, 0.2) is 71.7 Å². The lowest BCUT2D eigenvalue weighted by Gasteiger charge is -2.14. The van der Waals surface area contributed by atoms with Crippen molar-refractivity contribution in [2.45, 2.75) is 38.5 Å². The summed E-state index contributed by atoms with van der Waals surface area (Å²) in [6.45, 7) is 6.13. The van der Waals surface area contributed by atoms with Crippen LogP contribution < -0.4 is 15.4 Å². The molecule has 5 rings (SSSR count). The maximum atomic E-state index is 13.2. The van der Waals surface area contributed by atoms with Crippen LogP contribution in [-0.2, 0) is 10.8 Å². The Balaban J connectivity index is 1.29. The van der Waals surface area contributed by atoms with Crippen LogP contribution in [0, 0.1) is 6.92 Å². The Bertz CT molecular complexity index is 1700. The Morgan fingerprint density at radius 3 is 2.39 bits per heavy atom. The number of hydrogen-bond donors (Lipinski definition) is 3. The van der Waals surface area contributed by atoms with E-state index in [1.54, 1.807) is 31.4 Å². The van der Waals surface area contributed by atoms with Crippen LogP contribution >= 0.6 is 11.6 Å². The molecule has 44 heavy (non-hydrogen) atoms. The maximum Gasteiger partial charge on any atom is 0.251 e. The minimum Gasteiger partial charge on any atom is -0.497 e. The first-order valence-electron chi connectivity index (χ1n) is 14.3. The second kappa shape index (κ2) is 13.1. The van der Waals surface area contributed by atoms with E-state index in [0.29, 0.717) is 39.7 Å². The van der Waals surface area contributed by atoms with Crippen molar-refractivity contribution in [1.29, 1.82) is 0 Å². The number of benzene rings is 3. The molecule has 2 heterocycles. The van der Waals surface area contributed by atoms with Crippen LogP contribution in [-0.4, -0.2) is 65.6 Å². The van der Waals surface area contributed by atoms with Gasteiger partial charge in [-0.1, -0.05) is 35.9 Å². The highest BCUT2D eigenvalue weighted by atomic mass is 35.5. The zero-order valence-electron chi connectivity index (χ0n) is 25.1. The SMILES string of the molecule is COc1ccc2c(c1)C(c1ccc(Cl)cc1)=NC(CC(=O)NCCNC(=O)c1ccc(C[Si](C)(C)O)cc1)c1nnc(C)n1-2. The van der Waals surface area contributed by atoms with Gasteiger partial charge in [0.2, 0.25) is 5.91 Å². The molecule has 0 bridgehead atoms. The van der Waals surface area contributed by atoms with E-state index in [1.165, 1.54) is 0 Å². The first-order chi connectivity index (χ1) is 21.0. The maximum absolute atomic E-state index is 13.2. The topological polar surface area (TPSA) is 131 Å². The summed E-state index contributed by atoms with van der Waals surface area (Å²) in [5.74, 6) is 1.42. The Morgan fingerprint density at radius 1 is 1.00 bits per heavy atom. The third-order valence-corrected chi connectivity index (χ3v) is 8.74. The number of methoxy groups -OCH3 is 1. The van der Waals surface area contributed by atoms with Gasteiger partial charge in [-0.3, -0.25) is 19.1 Å². The molecular weight excluding hydrogens is 596 g/mol. The van der Waals surface area contributed by atoms with Crippen molar-refractivity contribution in [1.82, 2.24) is 25.4 Å². The normalized spacial score (nSPS) is 14.1. The summed E-state index contributed by atoms with van der Waals surface area (Å²) in [6, 6.07) is 20.3. The standard InChI is InChI=1S/C32H35ClN6O4Si/c1-20-37-38-31-27(18-29(40)34-15-16-35-32(41)23-7-5-21(6-8-23)19-44(3,4)42)36-30(22-9-11-24(33)12-10-22)26-17-25(43-2)13-14-28(26)39(20)31/h5-14,17,27,42H,15-16,18-19H2,1-4H3,(H,34,40)(H,35,41). The number of aryl methyl sites for hydroxylation is 1. The Morgan fingerprint density at radius 2 is 1.70 bits per heavy atom. The predicted molar refractivity (Wildman–Crippen MR) is 172 cm³/mol. The fourth-order valence-corrected chi connectivity index (χ4v) is 6.54. The number of ether oxygens (including phenoxy) is 1. The molecule has 228 valence electrons. The molecule has 12 heteroatoms. The zero-order valence-corrected chi connectivity index (χ0v) is 26.9. The van der Waals surface area contributed by atoms with Gasteiger partial charge in [-0.25, -0.2) is 0 Å². The van der Waals surface area contributed by atoms with Crippen LogP contribution in [0.4, 0.5) is 0 Å². The van der Waals surface area contributed by atoms with Gasteiger partial charge in [-0.2, -0.15) is 0 Å². The molecule has 4 aromatic rings. The van der Waals surface area contributed by atoms with Gasteiger partial charge in [0.1, 0.15) is 17.6 Å². The van der Waals surface area contributed by atoms with Crippen LogP contribution in [0.2, 0.25) is 18.1 Å². The van der Waals surface area contributed by atoms with Crippen LogP contribution in [0.3, 0.4) is 0 Å². The Labute approximate surface area is 262 Å². The molecule has 3 N–H and O–H groups in total. The van der Waals surface area contributed by atoms with Gasteiger partial charge >= 0.3 is 0 Å². The smallest absolute Gasteiger partial charge is 0.251 e. The second-order valence-corrected chi connectivity index (χ2v) is 15.7. The lowest BCUT2D eigenvalue weighted by Crippen LogP contribution is -2.35. The molecular formula is C32H35ClN6O4Si. The first-order valence-corrected chi connectivity index (χ1v) is 17.9. The first kappa shape index (κ1) is 31.1. The number of aliphatic imine (C=N–C) groups is 1.